The molecular weight excluding hydrogens is 322 g/mol. The van der Waals surface area contributed by atoms with Gasteiger partial charge < -0.3 is 4.90 Å². The van der Waals surface area contributed by atoms with Crippen LogP contribution < -0.4 is 0 Å². The van der Waals surface area contributed by atoms with Gasteiger partial charge in [-0.05, 0) is 29.8 Å². The van der Waals surface area contributed by atoms with E-state index in [2.05, 4.69) is 16.0 Å². The second-order valence-corrected chi connectivity index (χ2v) is 7.12. The number of hydrogen-bond donors (Lipinski definition) is 0. The molecule has 1 aromatic carbocycles. The Morgan fingerprint density at radius 2 is 1.96 bits per heavy atom. The number of amides is 1. The maximum Gasteiger partial charge on any atom is 0.227 e. The van der Waals surface area contributed by atoms with E-state index in [0.717, 1.165) is 37.4 Å². The van der Waals surface area contributed by atoms with E-state index in [-0.39, 0.29) is 5.91 Å². The van der Waals surface area contributed by atoms with Crippen LogP contribution in [0.25, 0.3) is 0 Å². The number of halogens is 1. The van der Waals surface area contributed by atoms with Crippen molar-refractivity contribution < 1.29 is 4.79 Å². The molecule has 0 aliphatic carbocycles. The maximum atomic E-state index is 12.5. The number of likely N-dealkylation sites (tertiary alicyclic amines) is 2. The Kier molecular flexibility index (Phi) is 4.25. The fraction of sp³-hybridized carbons (Fsp3) is 0.368. The molecule has 3 heterocycles. The van der Waals surface area contributed by atoms with Crippen LogP contribution in [-0.4, -0.2) is 46.4 Å². The van der Waals surface area contributed by atoms with E-state index >= 15 is 0 Å². The van der Waals surface area contributed by atoms with Crippen LogP contribution in [0.1, 0.15) is 11.3 Å². The van der Waals surface area contributed by atoms with Gasteiger partial charge in [-0.1, -0.05) is 29.8 Å². The van der Waals surface area contributed by atoms with Crippen molar-refractivity contribution in [2.45, 2.75) is 19.0 Å². The largest absolute Gasteiger partial charge is 0.340 e. The predicted molar refractivity (Wildman–Crippen MR) is 93.7 cm³/mol. The fourth-order valence-corrected chi connectivity index (χ4v) is 3.85. The molecule has 0 radical (unpaired) electrons. The third-order valence-electron chi connectivity index (χ3n) is 5.06. The Labute approximate surface area is 147 Å². The van der Waals surface area contributed by atoms with E-state index in [1.54, 1.807) is 0 Å². The van der Waals surface area contributed by atoms with Crippen LogP contribution in [0.2, 0.25) is 5.02 Å². The van der Waals surface area contributed by atoms with Crippen molar-refractivity contribution >= 4 is 17.5 Å². The molecule has 124 valence electrons. The summed E-state index contributed by atoms with van der Waals surface area (Å²) in [6.45, 7) is 3.66. The van der Waals surface area contributed by atoms with Crippen LogP contribution in [-0.2, 0) is 17.8 Å². The van der Waals surface area contributed by atoms with Gasteiger partial charge in [0.1, 0.15) is 0 Å². The number of pyridine rings is 1. The highest BCUT2D eigenvalue weighted by Gasteiger charge is 2.46. The average molecular weight is 342 g/mol. The van der Waals surface area contributed by atoms with Crippen molar-refractivity contribution in [3.05, 3.63) is 64.9 Å². The molecule has 4 nitrogen and oxygen atoms in total. The summed E-state index contributed by atoms with van der Waals surface area (Å²) in [5.41, 5.74) is 2.12. The van der Waals surface area contributed by atoms with E-state index in [1.807, 2.05) is 47.5 Å². The summed E-state index contributed by atoms with van der Waals surface area (Å²) in [5, 5.41) is 0.704. The van der Waals surface area contributed by atoms with Crippen molar-refractivity contribution in [2.24, 2.45) is 5.92 Å². The minimum atomic E-state index is 0.213. The molecule has 0 unspecified atom stereocenters. The highest BCUT2D eigenvalue weighted by atomic mass is 35.5. The van der Waals surface area contributed by atoms with Crippen LogP contribution in [0.5, 0.6) is 0 Å². The van der Waals surface area contributed by atoms with Gasteiger partial charge in [0, 0.05) is 49.4 Å². The number of benzene rings is 1. The molecule has 0 bridgehead atoms. The third kappa shape index (κ3) is 3.17. The van der Waals surface area contributed by atoms with E-state index < -0.39 is 0 Å². The van der Waals surface area contributed by atoms with Crippen LogP contribution in [0.4, 0.5) is 0 Å². The molecule has 2 aliphatic heterocycles. The van der Waals surface area contributed by atoms with E-state index in [1.165, 1.54) is 0 Å². The maximum absolute atomic E-state index is 12.5. The summed E-state index contributed by atoms with van der Waals surface area (Å²) in [6.07, 6.45) is 2.29. The molecule has 0 N–H and O–H groups in total. The lowest BCUT2D eigenvalue weighted by Gasteiger charge is -2.43. The van der Waals surface area contributed by atoms with Crippen molar-refractivity contribution in [3.63, 3.8) is 0 Å². The molecule has 1 amide bonds. The van der Waals surface area contributed by atoms with Crippen molar-refractivity contribution in [2.75, 3.05) is 19.6 Å². The van der Waals surface area contributed by atoms with Crippen LogP contribution in [0.3, 0.4) is 0 Å². The van der Waals surface area contributed by atoms with Gasteiger partial charge in [-0.25, -0.2) is 0 Å². The number of fused-ring (bicyclic) bond motifs is 1. The Morgan fingerprint density at radius 1 is 1.12 bits per heavy atom. The number of rotatable bonds is 4. The lowest BCUT2D eigenvalue weighted by molar-refractivity contribution is -0.129. The first-order valence-electron chi connectivity index (χ1n) is 8.35. The minimum Gasteiger partial charge on any atom is -0.340 e. The van der Waals surface area contributed by atoms with Gasteiger partial charge in [0.05, 0.1) is 12.1 Å². The first kappa shape index (κ1) is 15.6. The third-order valence-corrected chi connectivity index (χ3v) is 5.31. The van der Waals surface area contributed by atoms with Crippen molar-refractivity contribution in [1.82, 2.24) is 14.8 Å². The number of carbonyl (C=O) groups excluding carboxylic acids is 1. The SMILES string of the molecule is O=C(Cc1ccc(Cl)cc1)N1C[C@H]2CN(Cc3ccccn3)[C@@H]2C1. The zero-order chi connectivity index (χ0) is 16.5. The minimum absolute atomic E-state index is 0.213. The Hall–Kier alpha value is -1.91. The lowest BCUT2D eigenvalue weighted by Crippen LogP contribution is -2.54. The Bertz CT molecular complexity index is 719. The molecule has 2 aromatic rings. The van der Waals surface area contributed by atoms with Crippen molar-refractivity contribution in [3.8, 4) is 0 Å². The van der Waals surface area contributed by atoms with Gasteiger partial charge in [0.2, 0.25) is 5.91 Å². The quantitative estimate of drug-likeness (QED) is 0.857. The molecular formula is C19H20ClN3O. The highest BCUT2D eigenvalue weighted by Crippen LogP contribution is 2.33. The van der Waals surface area contributed by atoms with Gasteiger partial charge >= 0.3 is 0 Å². The molecule has 1 aromatic heterocycles. The Morgan fingerprint density at radius 3 is 2.71 bits per heavy atom. The van der Waals surface area contributed by atoms with E-state index in [9.17, 15) is 4.79 Å². The summed E-state index contributed by atoms with van der Waals surface area (Å²) in [5.74, 6) is 0.826. The summed E-state index contributed by atoms with van der Waals surface area (Å²) >= 11 is 5.90. The molecule has 2 saturated heterocycles. The molecule has 24 heavy (non-hydrogen) atoms. The molecule has 0 spiro atoms. The molecule has 2 aliphatic rings. The van der Waals surface area contributed by atoms with Gasteiger partial charge in [-0.15, -0.1) is 0 Å². The molecule has 5 heteroatoms. The summed E-state index contributed by atoms with van der Waals surface area (Å²) in [7, 11) is 0. The second kappa shape index (κ2) is 6.54. The van der Waals surface area contributed by atoms with Crippen LogP contribution >= 0.6 is 11.6 Å². The Balaban J connectivity index is 1.33. The smallest absolute Gasteiger partial charge is 0.227 e. The predicted octanol–water partition coefficient (Wildman–Crippen LogP) is 2.62. The van der Waals surface area contributed by atoms with Gasteiger partial charge in [0.15, 0.2) is 0 Å². The highest BCUT2D eigenvalue weighted by molar-refractivity contribution is 6.30. The van der Waals surface area contributed by atoms with Crippen molar-refractivity contribution in [1.29, 1.82) is 0 Å². The normalized spacial score (nSPS) is 23.0. The zero-order valence-corrected chi connectivity index (χ0v) is 14.2. The molecule has 0 saturated carbocycles. The second-order valence-electron chi connectivity index (χ2n) is 6.68. The standard InChI is InChI=1S/C19H20ClN3O/c20-16-6-4-14(5-7-16)9-19(24)23-11-15-10-22(18(15)13-23)12-17-3-1-2-8-21-17/h1-8,15,18H,9-13H2/t15-,18-/m1/s1. The number of nitrogens with zero attached hydrogens (tertiary/aromatic N) is 3. The van der Waals surface area contributed by atoms with E-state index in [0.29, 0.717) is 23.4 Å². The molecule has 4 rings (SSSR count). The topological polar surface area (TPSA) is 36.4 Å². The average Bonchev–Trinajstić information content (AvgIpc) is 2.93. The first-order valence-corrected chi connectivity index (χ1v) is 8.73. The summed E-state index contributed by atoms with van der Waals surface area (Å²) < 4.78 is 0. The first-order chi connectivity index (χ1) is 11.7. The van der Waals surface area contributed by atoms with Gasteiger partial charge in [-0.3, -0.25) is 14.7 Å². The zero-order valence-electron chi connectivity index (χ0n) is 13.4. The number of aromatic nitrogens is 1. The van der Waals surface area contributed by atoms with Gasteiger partial charge in [0.25, 0.3) is 0 Å². The fourth-order valence-electron chi connectivity index (χ4n) is 3.72. The lowest BCUT2D eigenvalue weighted by atomic mass is 9.92. The number of hydrogen-bond acceptors (Lipinski definition) is 3. The molecule has 2 atom stereocenters. The van der Waals surface area contributed by atoms with Gasteiger partial charge in [-0.2, -0.15) is 0 Å². The van der Waals surface area contributed by atoms with E-state index in [4.69, 9.17) is 11.6 Å². The monoisotopic (exact) mass is 341 g/mol. The van der Waals surface area contributed by atoms with Crippen LogP contribution in [0, 0.1) is 5.92 Å². The number of carbonyl (C=O) groups is 1. The molecule has 2 fully saturated rings. The van der Waals surface area contributed by atoms with Crippen LogP contribution in [0.15, 0.2) is 48.7 Å². The summed E-state index contributed by atoms with van der Waals surface area (Å²) in [6, 6.07) is 14.0. The summed E-state index contributed by atoms with van der Waals surface area (Å²) in [4.78, 5) is 21.4.